The third kappa shape index (κ3) is 8.83. The highest BCUT2D eigenvalue weighted by molar-refractivity contribution is 5.85. The second kappa shape index (κ2) is 15.3. The van der Waals surface area contributed by atoms with Gasteiger partial charge in [0.1, 0.15) is 5.82 Å². The molecule has 39 heavy (non-hydrogen) atoms. The molecule has 0 saturated heterocycles. The highest BCUT2D eigenvalue weighted by atomic mass is 19.1. The molecular formula is C38H43F. The van der Waals surface area contributed by atoms with Crippen LogP contribution in [0, 0.1) is 17.7 Å². The fourth-order valence-electron chi connectivity index (χ4n) is 5.16. The van der Waals surface area contributed by atoms with Crippen molar-refractivity contribution in [1.82, 2.24) is 0 Å². The van der Waals surface area contributed by atoms with Crippen LogP contribution in [0.2, 0.25) is 0 Å². The zero-order valence-corrected chi connectivity index (χ0v) is 23.9. The molecule has 1 heteroatoms. The monoisotopic (exact) mass is 518 g/mol. The Hall–Kier alpha value is -3.37. The molecule has 4 aromatic carbocycles. The highest BCUT2D eigenvalue weighted by Gasteiger charge is 2.07. The van der Waals surface area contributed by atoms with Gasteiger partial charge in [0.25, 0.3) is 0 Å². The molecule has 0 atom stereocenters. The van der Waals surface area contributed by atoms with Gasteiger partial charge in [0.2, 0.25) is 0 Å². The molecule has 0 fully saturated rings. The fourth-order valence-corrected chi connectivity index (χ4v) is 5.16. The molecule has 0 radical (unpaired) electrons. The minimum absolute atomic E-state index is 0.228. The van der Waals surface area contributed by atoms with Crippen LogP contribution in [0.1, 0.15) is 98.6 Å². The lowest BCUT2D eigenvalue weighted by molar-refractivity contribution is 0.632. The Bertz CT molecular complexity index is 1370. The van der Waals surface area contributed by atoms with Crippen molar-refractivity contribution in [3.05, 3.63) is 118 Å². The van der Waals surface area contributed by atoms with Crippen LogP contribution in [0.4, 0.5) is 4.39 Å². The minimum atomic E-state index is -0.228. The Labute approximate surface area is 235 Å². The normalized spacial score (nSPS) is 10.9. The first-order valence-electron chi connectivity index (χ1n) is 15.1. The lowest BCUT2D eigenvalue weighted by Crippen LogP contribution is -1.94. The summed E-state index contributed by atoms with van der Waals surface area (Å²) >= 11 is 0. The van der Waals surface area contributed by atoms with E-state index >= 15 is 4.39 Å². The van der Waals surface area contributed by atoms with E-state index in [-0.39, 0.29) is 5.82 Å². The maximum absolute atomic E-state index is 15.3. The van der Waals surface area contributed by atoms with E-state index in [1.807, 2.05) is 18.2 Å². The number of hydrogen-bond acceptors (Lipinski definition) is 0. The van der Waals surface area contributed by atoms with Gasteiger partial charge in [0, 0.05) is 10.9 Å². The molecule has 0 bridgehead atoms. The van der Waals surface area contributed by atoms with E-state index in [1.165, 1.54) is 80.0 Å². The zero-order valence-electron chi connectivity index (χ0n) is 23.9. The highest BCUT2D eigenvalue weighted by Crippen LogP contribution is 2.23. The molecule has 0 unspecified atom stereocenters. The Balaban J connectivity index is 1.34. The van der Waals surface area contributed by atoms with Gasteiger partial charge in [-0.2, -0.15) is 0 Å². The van der Waals surface area contributed by atoms with Crippen molar-refractivity contribution in [3.8, 4) is 11.8 Å². The van der Waals surface area contributed by atoms with Gasteiger partial charge in [-0.05, 0) is 84.4 Å². The molecule has 0 spiro atoms. The number of rotatable bonds is 13. The average Bonchev–Trinajstić information content (AvgIpc) is 2.97. The molecule has 0 saturated carbocycles. The summed E-state index contributed by atoms with van der Waals surface area (Å²) in [6.07, 6.45) is 14.5. The van der Waals surface area contributed by atoms with Crippen molar-refractivity contribution in [3.63, 3.8) is 0 Å². The number of aryl methyl sites for hydroxylation is 4. The first-order valence-corrected chi connectivity index (χ1v) is 15.1. The van der Waals surface area contributed by atoms with E-state index < -0.39 is 0 Å². The van der Waals surface area contributed by atoms with Crippen LogP contribution >= 0.6 is 0 Å². The number of halogens is 1. The first-order chi connectivity index (χ1) is 19.2. The van der Waals surface area contributed by atoms with Crippen LogP contribution in [0.3, 0.4) is 0 Å². The van der Waals surface area contributed by atoms with Crippen LogP contribution in [0.5, 0.6) is 0 Å². The molecule has 4 rings (SSSR count). The van der Waals surface area contributed by atoms with E-state index in [9.17, 15) is 0 Å². The maximum atomic E-state index is 15.3. The molecule has 0 aliphatic carbocycles. The molecule has 0 aliphatic heterocycles. The van der Waals surface area contributed by atoms with Crippen molar-refractivity contribution in [1.29, 1.82) is 0 Å². The summed E-state index contributed by atoms with van der Waals surface area (Å²) in [7, 11) is 0. The van der Waals surface area contributed by atoms with Gasteiger partial charge in [-0.15, -0.1) is 0 Å². The van der Waals surface area contributed by atoms with E-state index in [0.29, 0.717) is 10.9 Å². The summed E-state index contributed by atoms with van der Waals surface area (Å²) in [5, 5.41) is 1.57. The molecule has 0 amide bonds. The number of unbranched alkanes of at least 4 members (excludes halogenated alkanes) is 6. The van der Waals surface area contributed by atoms with Crippen LogP contribution in [0.15, 0.2) is 78.9 Å². The van der Waals surface area contributed by atoms with Crippen molar-refractivity contribution >= 4 is 10.8 Å². The lowest BCUT2D eigenvalue weighted by atomic mass is 9.98. The number of benzene rings is 4. The number of hydrogen-bond donors (Lipinski definition) is 0. The predicted molar refractivity (Wildman–Crippen MR) is 166 cm³/mol. The molecule has 0 aromatic heterocycles. The van der Waals surface area contributed by atoms with Crippen molar-refractivity contribution in [2.24, 2.45) is 0 Å². The molecule has 0 aliphatic rings. The van der Waals surface area contributed by atoms with E-state index in [2.05, 4.69) is 86.4 Å². The molecular weight excluding hydrogens is 475 g/mol. The summed E-state index contributed by atoms with van der Waals surface area (Å²) < 4.78 is 15.3. The lowest BCUT2D eigenvalue weighted by Gasteiger charge is -2.07. The fraction of sp³-hybridized carbons (Fsp3) is 0.368. The molecule has 0 nitrogen and oxygen atoms in total. The quantitative estimate of drug-likeness (QED) is 0.122. The summed E-state index contributed by atoms with van der Waals surface area (Å²) in [6, 6.07) is 27.4. The average molecular weight is 519 g/mol. The van der Waals surface area contributed by atoms with Crippen molar-refractivity contribution < 1.29 is 4.39 Å². The van der Waals surface area contributed by atoms with E-state index in [1.54, 1.807) is 0 Å². The topological polar surface area (TPSA) is 0 Å². The molecule has 202 valence electrons. The second-order valence-electron chi connectivity index (χ2n) is 10.9. The van der Waals surface area contributed by atoms with Gasteiger partial charge < -0.3 is 0 Å². The molecule has 0 N–H and O–H groups in total. The SMILES string of the molecule is CCCCCCCc1ccc(C#Cc2ccc3cc(CCc4ccc(CCCCC)cc4)ccc3c2F)cc1. The Morgan fingerprint density at radius 1 is 0.513 bits per heavy atom. The Morgan fingerprint density at radius 2 is 1.05 bits per heavy atom. The van der Waals surface area contributed by atoms with Crippen molar-refractivity contribution in [2.45, 2.75) is 90.9 Å². The third-order valence-electron chi connectivity index (χ3n) is 7.68. The van der Waals surface area contributed by atoms with Crippen LogP contribution in [-0.4, -0.2) is 0 Å². The second-order valence-corrected chi connectivity index (χ2v) is 10.9. The van der Waals surface area contributed by atoms with Crippen molar-refractivity contribution in [2.75, 3.05) is 0 Å². The maximum Gasteiger partial charge on any atom is 0.146 e. The zero-order chi connectivity index (χ0) is 27.3. The first kappa shape index (κ1) is 28.6. The van der Waals surface area contributed by atoms with Gasteiger partial charge >= 0.3 is 0 Å². The molecule has 0 heterocycles. The van der Waals surface area contributed by atoms with E-state index in [4.69, 9.17) is 0 Å². The van der Waals surface area contributed by atoms with Crippen LogP contribution in [0.25, 0.3) is 10.8 Å². The summed E-state index contributed by atoms with van der Waals surface area (Å²) in [5.41, 5.74) is 6.74. The van der Waals surface area contributed by atoms with Gasteiger partial charge in [0.05, 0.1) is 5.56 Å². The van der Waals surface area contributed by atoms with Gasteiger partial charge in [-0.3, -0.25) is 0 Å². The van der Waals surface area contributed by atoms with Crippen LogP contribution in [-0.2, 0) is 25.7 Å². The molecule has 4 aromatic rings. The third-order valence-corrected chi connectivity index (χ3v) is 7.68. The van der Waals surface area contributed by atoms with Gasteiger partial charge in [-0.25, -0.2) is 4.39 Å². The number of fused-ring (bicyclic) bond motifs is 1. The smallest absolute Gasteiger partial charge is 0.146 e. The standard InChI is InChI=1S/C38H43F/c1-3-5-7-8-10-12-31-15-19-33(20-16-31)23-25-35-26-27-36-29-34(24-28-37(36)38(35)39)22-21-32-17-13-30(14-18-32)11-9-6-4-2/h13-20,24,26-29H,3-12,21-22H2,1-2H3. The van der Waals surface area contributed by atoms with Gasteiger partial charge in [0.15, 0.2) is 0 Å². The summed E-state index contributed by atoms with van der Waals surface area (Å²) in [5.74, 6) is 5.99. The minimum Gasteiger partial charge on any atom is -0.205 e. The predicted octanol–water partition coefficient (Wildman–Crippen LogP) is 10.4. The Morgan fingerprint density at radius 3 is 1.74 bits per heavy atom. The Kier molecular flexibility index (Phi) is 11.2. The van der Waals surface area contributed by atoms with E-state index in [0.717, 1.165) is 30.2 Å². The largest absolute Gasteiger partial charge is 0.205 e. The van der Waals surface area contributed by atoms with Gasteiger partial charge in [-0.1, -0.05) is 125 Å². The van der Waals surface area contributed by atoms with Crippen LogP contribution < -0.4 is 0 Å². The summed E-state index contributed by atoms with van der Waals surface area (Å²) in [6.45, 7) is 4.49. The summed E-state index contributed by atoms with van der Waals surface area (Å²) in [4.78, 5) is 0.